The van der Waals surface area contributed by atoms with Crippen LogP contribution in [0.4, 0.5) is 5.13 Å². The minimum Gasteiger partial charge on any atom is -0.264 e. The Balaban J connectivity index is 1.75. The smallest absolute Gasteiger partial charge is 0.203 e. The molecule has 0 atom stereocenters. The number of nitrogens with zero attached hydrogens (tertiary/aromatic N) is 3. The maximum absolute atomic E-state index is 6.02. The van der Waals surface area contributed by atoms with Crippen molar-refractivity contribution in [2.45, 2.75) is 6.92 Å². The summed E-state index contributed by atoms with van der Waals surface area (Å²) in [6.07, 6.45) is 5.35. The van der Waals surface area contributed by atoms with E-state index in [0.29, 0.717) is 15.2 Å². The van der Waals surface area contributed by atoms with Crippen LogP contribution in [0, 0.1) is 0 Å². The fourth-order valence-corrected chi connectivity index (χ4v) is 2.93. The molecule has 0 unspecified atom stereocenters. The summed E-state index contributed by atoms with van der Waals surface area (Å²) in [6, 6.07) is 9.30. The molecule has 0 radical (unpaired) electrons. The van der Waals surface area contributed by atoms with Gasteiger partial charge in [0.2, 0.25) is 5.13 Å². The summed E-state index contributed by atoms with van der Waals surface area (Å²) >= 11 is 13.5. The Morgan fingerprint density at radius 1 is 1.17 bits per heavy atom. The zero-order valence-electron chi connectivity index (χ0n) is 12.1. The highest BCUT2D eigenvalue weighted by Gasteiger charge is 2.05. The molecule has 0 saturated carbocycles. The summed E-state index contributed by atoms with van der Waals surface area (Å²) in [7, 11) is 0. The molecule has 2 aromatic heterocycles. The second-order valence-electron chi connectivity index (χ2n) is 4.71. The normalized spacial score (nSPS) is 11.5. The first-order chi connectivity index (χ1) is 11.1. The molecule has 1 N–H and O–H groups in total. The molecular formula is C16H12Cl2N4S. The SMILES string of the molecule is C/C(=N\Nc1ncc(-c2cccnc2)s1)c1ccc(Cl)c(Cl)c1. The molecule has 0 saturated heterocycles. The molecule has 0 fully saturated rings. The molecule has 0 spiro atoms. The molecule has 0 aliphatic heterocycles. The summed E-state index contributed by atoms with van der Waals surface area (Å²) in [5.74, 6) is 0. The van der Waals surface area contributed by atoms with Gasteiger partial charge in [0.25, 0.3) is 0 Å². The maximum Gasteiger partial charge on any atom is 0.203 e. The number of thiazole rings is 1. The molecule has 0 bridgehead atoms. The summed E-state index contributed by atoms with van der Waals surface area (Å²) in [6.45, 7) is 1.89. The van der Waals surface area contributed by atoms with Crippen LogP contribution in [0.2, 0.25) is 10.0 Å². The van der Waals surface area contributed by atoms with Crippen molar-refractivity contribution in [2.75, 3.05) is 5.43 Å². The van der Waals surface area contributed by atoms with Gasteiger partial charge in [0, 0.05) is 24.2 Å². The number of anilines is 1. The molecule has 1 aromatic carbocycles. The summed E-state index contributed by atoms with van der Waals surface area (Å²) in [5.41, 5.74) is 5.69. The summed E-state index contributed by atoms with van der Waals surface area (Å²) < 4.78 is 0. The Labute approximate surface area is 147 Å². The van der Waals surface area contributed by atoms with E-state index < -0.39 is 0 Å². The minimum atomic E-state index is 0.506. The molecule has 0 aliphatic carbocycles. The van der Waals surface area contributed by atoms with E-state index >= 15 is 0 Å². The highest BCUT2D eigenvalue weighted by Crippen LogP contribution is 2.28. The van der Waals surface area contributed by atoms with Crippen molar-refractivity contribution >= 4 is 45.4 Å². The van der Waals surface area contributed by atoms with Crippen LogP contribution in [0.1, 0.15) is 12.5 Å². The lowest BCUT2D eigenvalue weighted by atomic mass is 10.1. The number of pyridine rings is 1. The van der Waals surface area contributed by atoms with Crippen LogP contribution < -0.4 is 5.43 Å². The fourth-order valence-electron chi connectivity index (χ4n) is 1.89. The van der Waals surface area contributed by atoms with E-state index in [9.17, 15) is 0 Å². The van der Waals surface area contributed by atoms with Gasteiger partial charge in [0.05, 0.1) is 20.6 Å². The van der Waals surface area contributed by atoms with Gasteiger partial charge in [-0.05, 0) is 30.7 Å². The lowest BCUT2D eigenvalue weighted by Crippen LogP contribution is -1.99. The molecular weight excluding hydrogens is 351 g/mol. The van der Waals surface area contributed by atoms with E-state index in [0.717, 1.165) is 21.7 Å². The number of aromatic nitrogens is 2. The van der Waals surface area contributed by atoms with Crippen molar-refractivity contribution in [3.05, 3.63) is 64.5 Å². The third-order valence-electron chi connectivity index (χ3n) is 3.11. The predicted molar refractivity (Wildman–Crippen MR) is 97.6 cm³/mol. The van der Waals surface area contributed by atoms with Gasteiger partial charge in [-0.3, -0.25) is 10.4 Å². The molecule has 7 heteroatoms. The zero-order chi connectivity index (χ0) is 16.2. The van der Waals surface area contributed by atoms with Crippen molar-refractivity contribution in [1.82, 2.24) is 9.97 Å². The van der Waals surface area contributed by atoms with Gasteiger partial charge in [-0.15, -0.1) is 0 Å². The van der Waals surface area contributed by atoms with Crippen molar-refractivity contribution in [2.24, 2.45) is 5.10 Å². The number of hydrazone groups is 1. The first-order valence-corrected chi connectivity index (χ1v) is 8.32. The Kier molecular flexibility index (Phi) is 4.91. The van der Waals surface area contributed by atoms with E-state index in [2.05, 4.69) is 20.5 Å². The number of hydrogen-bond donors (Lipinski definition) is 1. The largest absolute Gasteiger partial charge is 0.264 e. The Hall–Kier alpha value is -1.95. The second-order valence-corrected chi connectivity index (χ2v) is 6.55. The fraction of sp³-hybridized carbons (Fsp3) is 0.0625. The number of halogens is 2. The van der Waals surface area contributed by atoms with Crippen molar-refractivity contribution in [1.29, 1.82) is 0 Å². The number of rotatable bonds is 4. The summed E-state index contributed by atoms with van der Waals surface area (Å²) in [4.78, 5) is 9.45. The Morgan fingerprint density at radius 3 is 2.78 bits per heavy atom. The lowest BCUT2D eigenvalue weighted by Gasteiger charge is -2.03. The first kappa shape index (κ1) is 15.9. The van der Waals surface area contributed by atoms with Crippen LogP contribution in [0.5, 0.6) is 0 Å². The van der Waals surface area contributed by atoms with E-state index in [4.69, 9.17) is 23.2 Å². The van der Waals surface area contributed by atoms with Crippen LogP contribution >= 0.6 is 34.5 Å². The molecule has 116 valence electrons. The minimum absolute atomic E-state index is 0.506. The zero-order valence-corrected chi connectivity index (χ0v) is 14.5. The molecule has 4 nitrogen and oxygen atoms in total. The average molecular weight is 363 g/mol. The quantitative estimate of drug-likeness (QED) is 0.502. The van der Waals surface area contributed by atoms with E-state index in [1.807, 2.05) is 31.3 Å². The van der Waals surface area contributed by atoms with Gasteiger partial charge in [-0.25, -0.2) is 4.98 Å². The second kappa shape index (κ2) is 7.08. The molecule has 0 aliphatic rings. The van der Waals surface area contributed by atoms with Crippen molar-refractivity contribution < 1.29 is 0 Å². The van der Waals surface area contributed by atoms with Gasteiger partial charge in [-0.2, -0.15) is 5.10 Å². The van der Waals surface area contributed by atoms with E-state index in [1.165, 1.54) is 11.3 Å². The topological polar surface area (TPSA) is 50.2 Å². The van der Waals surface area contributed by atoms with Crippen LogP contribution in [0.25, 0.3) is 10.4 Å². The Bertz CT molecular complexity index is 846. The van der Waals surface area contributed by atoms with Crippen molar-refractivity contribution in [3.8, 4) is 10.4 Å². The molecule has 3 aromatic rings. The van der Waals surface area contributed by atoms with Crippen LogP contribution in [-0.4, -0.2) is 15.7 Å². The van der Waals surface area contributed by atoms with Crippen LogP contribution in [-0.2, 0) is 0 Å². The molecule has 23 heavy (non-hydrogen) atoms. The monoisotopic (exact) mass is 362 g/mol. The third kappa shape index (κ3) is 3.88. The van der Waals surface area contributed by atoms with E-state index in [1.54, 1.807) is 24.5 Å². The lowest BCUT2D eigenvalue weighted by molar-refractivity contribution is 1.27. The van der Waals surface area contributed by atoms with E-state index in [-0.39, 0.29) is 0 Å². The van der Waals surface area contributed by atoms with Crippen LogP contribution in [0.3, 0.4) is 0 Å². The van der Waals surface area contributed by atoms with Crippen molar-refractivity contribution in [3.63, 3.8) is 0 Å². The maximum atomic E-state index is 6.02. The van der Waals surface area contributed by atoms with Gasteiger partial charge < -0.3 is 0 Å². The molecule has 2 heterocycles. The predicted octanol–water partition coefficient (Wildman–Crippen LogP) is 5.35. The summed E-state index contributed by atoms with van der Waals surface area (Å²) in [5, 5.41) is 6.08. The highest BCUT2D eigenvalue weighted by atomic mass is 35.5. The number of nitrogens with one attached hydrogen (secondary N) is 1. The average Bonchev–Trinajstić information content (AvgIpc) is 3.05. The van der Waals surface area contributed by atoms with Gasteiger partial charge in [-0.1, -0.05) is 46.7 Å². The van der Waals surface area contributed by atoms with Gasteiger partial charge >= 0.3 is 0 Å². The van der Waals surface area contributed by atoms with Gasteiger partial charge in [0.1, 0.15) is 0 Å². The Morgan fingerprint density at radius 2 is 2.04 bits per heavy atom. The number of benzene rings is 1. The third-order valence-corrected chi connectivity index (χ3v) is 4.80. The molecule has 0 amide bonds. The first-order valence-electron chi connectivity index (χ1n) is 6.75. The van der Waals surface area contributed by atoms with Crippen LogP contribution in [0.15, 0.2) is 54.0 Å². The molecule has 3 rings (SSSR count). The van der Waals surface area contributed by atoms with Gasteiger partial charge in [0.15, 0.2) is 0 Å². The standard InChI is InChI=1S/C16H12Cl2N4S/c1-10(11-4-5-13(17)14(18)7-11)21-22-16-20-9-15(23-16)12-3-2-6-19-8-12/h2-9H,1H3,(H,20,22)/b21-10+. The number of hydrogen-bond acceptors (Lipinski definition) is 5. The highest BCUT2D eigenvalue weighted by molar-refractivity contribution is 7.18.